The molecule has 1 aromatic rings. The molecule has 0 heterocycles. The van der Waals surface area contributed by atoms with E-state index in [9.17, 15) is 4.39 Å². The second-order valence-electron chi connectivity index (χ2n) is 5.61. The van der Waals surface area contributed by atoms with Gasteiger partial charge in [-0.15, -0.1) is 0 Å². The first-order valence-electron chi connectivity index (χ1n) is 6.40. The molecule has 1 atom stereocenters. The molecule has 1 rings (SSSR count). The van der Waals surface area contributed by atoms with Crippen molar-refractivity contribution in [1.29, 1.82) is 0 Å². The molecule has 0 bridgehead atoms. The van der Waals surface area contributed by atoms with Gasteiger partial charge in [0.15, 0.2) is 0 Å². The minimum atomic E-state index is -0.738. The number of hydrogen-bond acceptors (Lipinski definition) is 1. The van der Waals surface area contributed by atoms with Gasteiger partial charge in [-0.1, -0.05) is 30.3 Å². The monoisotopic (exact) mass is 237 g/mol. The number of alkyl halides is 1. The third-order valence-electron chi connectivity index (χ3n) is 2.68. The van der Waals surface area contributed by atoms with Crippen LogP contribution in [0.5, 0.6) is 0 Å². The summed E-state index contributed by atoms with van der Waals surface area (Å²) in [6, 6.07) is 10.3. The second-order valence-corrected chi connectivity index (χ2v) is 5.61. The molecule has 0 saturated heterocycles. The maximum absolute atomic E-state index is 13.6. The Hall–Kier alpha value is -0.890. The fourth-order valence-corrected chi connectivity index (χ4v) is 1.69. The van der Waals surface area contributed by atoms with Gasteiger partial charge in [-0.05, 0) is 45.6 Å². The molecule has 17 heavy (non-hydrogen) atoms. The summed E-state index contributed by atoms with van der Waals surface area (Å²) in [4.78, 5) is 0. The predicted molar refractivity (Wildman–Crippen MR) is 72.0 cm³/mol. The van der Waals surface area contributed by atoms with Gasteiger partial charge in [0.2, 0.25) is 0 Å². The Morgan fingerprint density at radius 2 is 1.82 bits per heavy atom. The van der Waals surface area contributed by atoms with E-state index in [1.54, 1.807) is 0 Å². The molecule has 0 aliphatic heterocycles. The SMILES string of the molecule is CC(C)(C)NCC(F)CCCc1ccccc1. The quantitative estimate of drug-likeness (QED) is 0.795. The Balaban J connectivity index is 2.14. The molecule has 96 valence electrons. The van der Waals surface area contributed by atoms with Crippen molar-refractivity contribution in [2.24, 2.45) is 0 Å². The summed E-state index contributed by atoms with van der Waals surface area (Å²) in [5, 5.41) is 3.20. The van der Waals surface area contributed by atoms with Crippen molar-refractivity contribution in [3.05, 3.63) is 35.9 Å². The van der Waals surface area contributed by atoms with Crippen LogP contribution in [-0.2, 0) is 6.42 Å². The molecule has 0 saturated carbocycles. The molecule has 0 amide bonds. The van der Waals surface area contributed by atoms with E-state index in [0.29, 0.717) is 13.0 Å². The third kappa shape index (κ3) is 7.11. The van der Waals surface area contributed by atoms with Crippen molar-refractivity contribution in [1.82, 2.24) is 5.32 Å². The summed E-state index contributed by atoms with van der Waals surface area (Å²) in [6.45, 7) is 6.63. The van der Waals surface area contributed by atoms with Crippen molar-refractivity contribution in [2.75, 3.05) is 6.54 Å². The number of hydrogen-bond donors (Lipinski definition) is 1. The number of halogens is 1. The minimum Gasteiger partial charge on any atom is -0.309 e. The van der Waals surface area contributed by atoms with Crippen LogP contribution in [0.3, 0.4) is 0 Å². The van der Waals surface area contributed by atoms with Crippen LogP contribution in [0.4, 0.5) is 4.39 Å². The Kier molecular flexibility index (Phi) is 5.63. The number of rotatable bonds is 6. The van der Waals surface area contributed by atoms with E-state index in [0.717, 1.165) is 12.8 Å². The lowest BCUT2D eigenvalue weighted by molar-refractivity contribution is 0.268. The highest BCUT2D eigenvalue weighted by molar-refractivity contribution is 5.14. The maximum Gasteiger partial charge on any atom is 0.113 e. The number of benzene rings is 1. The largest absolute Gasteiger partial charge is 0.309 e. The highest BCUT2D eigenvalue weighted by Crippen LogP contribution is 2.09. The van der Waals surface area contributed by atoms with Crippen LogP contribution < -0.4 is 5.32 Å². The van der Waals surface area contributed by atoms with E-state index >= 15 is 0 Å². The average molecular weight is 237 g/mol. The third-order valence-corrected chi connectivity index (χ3v) is 2.68. The van der Waals surface area contributed by atoms with Crippen molar-refractivity contribution in [3.8, 4) is 0 Å². The first-order chi connectivity index (χ1) is 7.97. The fourth-order valence-electron chi connectivity index (χ4n) is 1.69. The molecule has 2 heteroatoms. The lowest BCUT2D eigenvalue weighted by Crippen LogP contribution is -2.39. The molecular weight excluding hydrogens is 213 g/mol. The van der Waals surface area contributed by atoms with E-state index in [4.69, 9.17) is 0 Å². The van der Waals surface area contributed by atoms with Crippen LogP contribution in [0.1, 0.15) is 39.2 Å². The number of nitrogens with one attached hydrogen (secondary N) is 1. The van der Waals surface area contributed by atoms with Crippen LogP contribution in [0, 0.1) is 0 Å². The molecule has 0 aliphatic rings. The first-order valence-corrected chi connectivity index (χ1v) is 6.40. The number of aryl methyl sites for hydroxylation is 1. The van der Waals surface area contributed by atoms with Crippen LogP contribution in [0.25, 0.3) is 0 Å². The molecule has 0 spiro atoms. The molecule has 1 aromatic carbocycles. The Bertz CT molecular complexity index is 302. The Labute approximate surface area is 104 Å². The van der Waals surface area contributed by atoms with Gasteiger partial charge in [0.1, 0.15) is 6.17 Å². The van der Waals surface area contributed by atoms with Gasteiger partial charge in [-0.2, -0.15) is 0 Å². The van der Waals surface area contributed by atoms with Crippen LogP contribution in [-0.4, -0.2) is 18.3 Å². The van der Waals surface area contributed by atoms with Gasteiger partial charge in [-0.3, -0.25) is 0 Å². The average Bonchev–Trinajstić information content (AvgIpc) is 2.27. The maximum atomic E-state index is 13.6. The zero-order valence-electron chi connectivity index (χ0n) is 11.2. The van der Waals surface area contributed by atoms with Gasteiger partial charge in [-0.25, -0.2) is 4.39 Å². The van der Waals surface area contributed by atoms with E-state index in [1.807, 2.05) is 18.2 Å². The van der Waals surface area contributed by atoms with Crippen LogP contribution in [0.15, 0.2) is 30.3 Å². The van der Waals surface area contributed by atoms with Crippen molar-refractivity contribution in [3.63, 3.8) is 0 Å². The summed E-state index contributed by atoms with van der Waals surface area (Å²) in [6.07, 6.45) is 1.78. The highest BCUT2D eigenvalue weighted by atomic mass is 19.1. The van der Waals surface area contributed by atoms with Crippen molar-refractivity contribution in [2.45, 2.75) is 51.7 Å². The standard InChI is InChI=1S/C15H24FN/c1-15(2,3)17-12-14(16)11-7-10-13-8-5-4-6-9-13/h4-6,8-9,14,17H,7,10-12H2,1-3H3. The fraction of sp³-hybridized carbons (Fsp3) is 0.600. The van der Waals surface area contributed by atoms with Crippen LogP contribution >= 0.6 is 0 Å². The van der Waals surface area contributed by atoms with Gasteiger partial charge < -0.3 is 5.32 Å². The minimum absolute atomic E-state index is 0.00374. The first kappa shape index (κ1) is 14.2. The molecule has 1 N–H and O–H groups in total. The topological polar surface area (TPSA) is 12.0 Å². The molecule has 1 unspecified atom stereocenters. The van der Waals surface area contributed by atoms with Crippen molar-refractivity contribution < 1.29 is 4.39 Å². The molecular formula is C15H24FN. The normalized spacial score (nSPS) is 13.6. The molecule has 0 radical (unpaired) electrons. The summed E-state index contributed by atoms with van der Waals surface area (Å²) < 4.78 is 13.6. The predicted octanol–water partition coefficient (Wildman–Crippen LogP) is 3.74. The zero-order chi connectivity index (χ0) is 12.7. The van der Waals surface area contributed by atoms with Crippen molar-refractivity contribution >= 4 is 0 Å². The summed E-state index contributed by atoms with van der Waals surface area (Å²) in [5.74, 6) is 0. The van der Waals surface area contributed by atoms with Gasteiger partial charge in [0.25, 0.3) is 0 Å². The Morgan fingerprint density at radius 1 is 1.18 bits per heavy atom. The van der Waals surface area contributed by atoms with E-state index in [1.165, 1.54) is 5.56 Å². The lowest BCUT2D eigenvalue weighted by Gasteiger charge is -2.22. The lowest BCUT2D eigenvalue weighted by atomic mass is 10.1. The summed E-state index contributed by atoms with van der Waals surface area (Å²) >= 11 is 0. The van der Waals surface area contributed by atoms with Crippen LogP contribution in [0.2, 0.25) is 0 Å². The molecule has 1 nitrogen and oxygen atoms in total. The highest BCUT2D eigenvalue weighted by Gasteiger charge is 2.12. The molecule has 0 aromatic heterocycles. The summed E-state index contributed by atoms with van der Waals surface area (Å²) in [7, 11) is 0. The Morgan fingerprint density at radius 3 is 2.41 bits per heavy atom. The zero-order valence-corrected chi connectivity index (χ0v) is 11.2. The smallest absolute Gasteiger partial charge is 0.113 e. The molecule has 0 fully saturated rings. The van der Waals surface area contributed by atoms with Gasteiger partial charge >= 0.3 is 0 Å². The van der Waals surface area contributed by atoms with Gasteiger partial charge in [0.05, 0.1) is 0 Å². The second kappa shape index (κ2) is 6.75. The van der Waals surface area contributed by atoms with E-state index in [2.05, 4.69) is 38.2 Å². The van der Waals surface area contributed by atoms with E-state index in [-0.39, 0.29) is 5.54 Å². The van der Waals surface area contributed by atoms with Gasteiger partial charge in [0, 0.05) is 12.1 Å². The summed E-state index contributed by atoms with van der Waals surface area (Å²) in [5.41, 5.74) is 1.30. The molecule has 0 aliphatic carbocycles. The van der Waals surface area contributed by atoms with E-state index < -0.39 is 6.17 Å².